The van der Waals surface area contributed by atoms with Crippen molar-refractivity contribution in [3.63, 3.8) is 0 Å². The predicted octanol–water partition coefficient (Wildman–Crippen LogP) is 0.773. The summed E-state index contributed by atoms with van der Waals surface area (Å²) in [6.07, 6.45) is 0.386. The fourth-order valence-electron chi connectivity index (χ4n) is 2.30. The summed E-state index contributed by atoms with van der Waals surface area (Å²) in [5, 5.41) is 12.2. The van der Waals surface area contributed by atoms with E-state index < -0.39 is 0 Å². The van der Waals surface area contributed by atoms with Gasteiger partial charge in [0.1, 0.15) is 0 Å². The van der Waals surface area contributed by atoms with Crippen LogP contribution in [0, 0.1) is 0 Å². The van der Waals surface area contributed by atoms with Gasteiger partial charge in [0.15, 0.2) is 5.84 Å². The predicted molar refractivity (Wildman–Crippen MR) is 81.6 cm³/mol. The number of amides is 1. The molecule has 0 atom stereocenters. The van der Waals surface area contributed by atoms with Gasteiger partial charge in [0.05, 0.1) is 13.0 Å². The summed E-state index contributed by atoms with van der Waals surface area (Å²) in [5.74, 6) is 0.303. The molecule has 6 nitrogen and oxygen atoms in total. The van der Waals surface area contributed by atoms with E-state index in [9.17, 15) is 4.79 Å². The third kappa shape index (κ3) is 4.61. The third-order valence-corrected chi connectivity index (χ3v) is 3.76. The summed E-state index contributed by atoms with van der Waals surface area (Å²) in [5.41, 5.74) is 6.44. The van der Waals surface area contributed by atoms with Crippen LogP contribution in [0.3, 0.4) is 0 Å². The number of piperazine rings is 1. The molecule has 2 rings (SSSR count). The van der Waals surface area contributed by atoms with Crippen molar-refractivity contribution < 1.29 is 10.0 Å². The highest BCUT2D eigenvalue weighted by molar-refractivity contribution is 6.30. The minimum atomic E-state index is 0.112. The number of hydrogen-bond acceptors (Lipinski definition) is 4. The molecule has 1 amide bonds. The maximum atomic E-state index is 12.2. The van der Waals surface area contributed by atoms with Crippen molar-refractivity contribution in [3.05, 3.63) is 34.9 Å². The largest absolute Gasteiger partial charge is 0.409 e. The van der Waals surface area contributed by atoms with Crippen LogP contribution in [0.25, 0.3) is 0 Å². The Labute approximate surface area is 128 Å². The van der Waals surface area contributed by atoms with Crippen molar-refractivity contribution in [1.29, 1.82) is 0 Å². The average Bonchev–Trinajstić information content (AvgIpc) is 2.50. The van der Waals surface area contributed by atoms with Crippen LogP contribution >= 0.6 is 11.6 Å². The van der Waals surface area contributed by atoms with E-state index in [1.165, 1.54) is 0 Å². The first-order chi connectivity index (χ1) is 10.1. The highest BCUT2D eigenvalue weighted by atomic mass is 35.5. The lowest BCUT2D eigenvalue weighted by Gasteiger charge is -2.34. The second-order valence-corrected chi connectivity index (χ2v) is 5.49. The van der Waals surface area contributed by atoms with Crippen LogP contribution in [0.15, 0.2) is 29.4 Å². The summed E-state index contributed by atoms with van der Waals surface area (Å²) in [6, 6.07) is 7.32. The lowest BCUT2D eigenvalue weighted by Crippen LogP contribution is -2.51. The van der Waals surface area contributed by atoms with Crippen LogP contribution in [0.5, 0.6) is 0 Å². The van der Waals surface area contributed by atoms with Gasteiger partial charge in [-0.1, -0.05) is 28.9 Å². The Balaban J connectivity index is 1.81. The first-order valence-corrected chi connectivity index (χ1v) is 7.17. The molecular weight excluding hydrogens is 292 g/mol. The molecule has 1 fully saturated rings. The molecule has 21 heavy (non-hydrogen) atoms. The molecule has 1 aromatic carbocycles. The Morgan fingerprint density at radius 3 is 2.43 bits per heavy atom. The topological polar surface area (TPSA) is 82.2 Å². The molecule has 1 saturated heterocycles. The molecule has 3 N–H and O–H groups in total. The molecule has 114 valence electrons. The van der Waals surface area contributed by atoms with Gasteiger partial charge < -0.3 is 15.8 Å². The number of rotatable bonds is 4. The number of carbonyl (C=O) groups excluding carboxylic acids is 1. The highest BCUT2D eigenvalue weighted by Gasteiger charge is 2.21. The first kappa shape index (κ1) is 15.6. The zero-order chi connectivity index (χ0) is 15.2. The van der Waals surface area contributed by atoms with Crippen molar-refractivity contribution >= 4 is 23.3 Å². The van der Waals surface area contributed by atoms with Crippen LogP contribution in [0.4, 0.5) is 0 Å². The quantitative estimate of drug-likeness (QED) is 0.372. The van der Waals surface area contributed by atoms with Crippen molar-refractivity contribution in [2.24, 2.45) is 10.9 Å². The smallest absolute Gasteiger partial charge is 0.227 e. The number of nitrogens with zero attached hydrogens (tertiary/aromatic N) is 3. The Bertz CT molecular complexity index is 510. The number of halogens is 1. The molecule has 0 radical (unpaired) electrons. The van der Waals surface area contributed by atoms with Gasteiger partial charge in [0.2, 0.25) is 5.91 Å². The zero-order valence-corrected chi connectivity index (χ0v) is 12.5. The lowest BCUT2D eigenvalue weighted by atomic mass is 10.1. The maximum absolute atomic E-state index is 12.2. The van der Waals surface area contributed by atoms with E-state index in [1.807, 2.05) is 17.0 Å². The standard InChI is InChI=1S/C14H19ClN4O2/c15-12-3-1-11(2-4-12)9-14(20)19-7-5-18(6-8-19)10-13(16)17-21/h1-4,21H,5-10H2,(H2,16,17). The van der Waals surface area contributed by atoms with Gasteiger partial charge in [-0.05, 0) is 17.7 Å². The minimum Gasteiger partial charge on any atom is -0.409 e. The van der Waals surface area contributed by atoms with E-state index in [0.29, 0.717) is 31.1 Å². The van der Waals surface area contributed by atoms with E-state index >= 15 is 0 Å². The third-order valence-electron chi connectivity index (χ3n) is 3.51. The second kappa shape index (κ2) is 7.28. The SMILES string of the molecule is NC(CN1CCN(C(=O)Cc2ccc(Cl)cc2)CC1)=NO. The monoisotopic (exact) mass is 310 g/mol. The van der Waals surface area contributed by atoms with Gasteiger partial charge in [0.25, 0.3) is 0 Å². The van der Waals surface area contributed by atoms with Crippen LogP contribution < -0.4 is 5.73 Å². The van der Waals surface area contributed by atoms with Crippen LogP contribution in [0.1, 0.15) is 5.56 Å². The first-order valence-electron chi connectivity index (χ1n) is 6.79. The van der Waals surface area contributed by atoms with E-state index in [-0.39, 0.29) is 11.7 Å². The molecule has 0 aromatic heterocycles. The fourth-order valence-corrected chi connectivity index (χ4v) is 2.43. The van der Waals surface area contributed by atoms with Crippen molar-refractivity contribution in [3.8, 4) is 0 Å². The number of benzene rings is 1. The minimum absolute atomic E-state index is 0.112. The Hall–Kier alpha value is -1.79. The molecule has 0 aliphatic carbocycles. The van der Waals surface area contributed by atoms with Gasteiger partial charge >= 0.3 is 0 Å². The lowest BCUT2D eigenvalue weighted by molar-refractivity contribution is -0.132. The summed E-state index contributed by atoms with van der Waals surface area (Å²) < 4.78 is 0. The fraction of sp³-hybridized carbons (Fsp3) is 0.429. The van der Waals surface area contributed by atoms with Crippen LogP contribution in [0.2, 0.25) is 5.02 Å². The van der Waals surface area contributed by atoms with E-state index in [4.69, 9.17) is 22.5 Å². The number of hydrogen-bond donors (Lipinski definition) is 2. The number of oxime groups is 1. The molecule has 0 unspecified atom stereocenters. The van der Waals surface area contributed by atoms with Gasteiger partial charge in [-0.3, -0.25) is 9.69 Å². The van der Waals surface area contributed by atoms with Gasteiger partial charge in [-0.15, -0.1) is 0 Å². The number of carbonyl (C=O) groups is 1. The molecule has 0 spiro atoms. The van der Waals surface area contributed by atoms with Crippen molar-refractivity contribution in [2.75, 3.05) is 32.7 Å². The van der Waals surface area contributed by atoms with Crippen molar-refractivity contribution in [1.82, 2.24) is 9.80 Å². The molecule has 1 aliphatic rings. The zero-order valence-electron chi connectivity index (χ0n) is 11.7. The van der Waals surface area contributed by atoms with Crippen LogP contribution in [-0.4, -0.2) is 59.5 Å². The average molecular weight is 311 g/mol. The molecule has 1 heterocycles. The molecule has 0 saturated carbocycles. The maximum Gasteiger partial charge on any atom is 0.227 e. The van der Waals surface area contributed by atoms with Crippen LogP contribution in [-0.2, 0) is 11.2 Å². The summed E-state index contributed by atoms with van der Waals surface area (Å²) in [6.45, 7) is 3.19. The van der Waals surface area contributed by atoms with E-state index in [2.05, 4.69) is 10.1 Å². The molecular formula is C14H19ClN4O2. The summed E-state index contributed by atoms with van der Waals surface area (Å²) in [7, 11) is 0. The Morgan fingerprint density at radius 2 is 1.86 bits per heavy atom. The molecule has 0 bridgehead atoms. The summed E-state index contributed by atoms with van der Waals surface area (Å²) in [4.78, 5) is 16.1. The highest BCUT2D eigenvalue weighted by Crippen LogP contribution is 2.11. The molecule has 1 aliphatic heterocycles. The van der Waals surface area contributed by atoms with E-state index in [0.717, 1.165) is 18.7 Å². The number of nitrogens with two attached hydrogens (primary N) is 1. The number of amidine groups is 1. The normalized spacial score (nSPS) is 17.0. The van der Waals surface area contributed by atoms with Crippen molar-refractivity contribution in [2.45, 2.75) is 6.42 Å². The Kier molecular flexibility index (Phi) is 5.41. The van der Waals surface area contributed by atoms with Gasteiger partial charge in [-0.25, -0.2) is 0 Å². The van der Waals surface area contributed by atoms with E-state index in [1.54, 1.807) is 12.1 Å². The second-order valence-electron chi connectivity index (χ2n) is 5.05. The molecule has 1 aromatic rings. The van der Waals surface area contributed by atoms with Gasteiger partial charge in [0, 0.05) is 31.2 Å². The summed E-state index contributed by atoms with van der Waals surface area (Å²) >= 11 is 5.83. The molecule has 7 heteroatoms. The Morgan fingerprint density at radius 1 is 1.24 bits per heavy atom. The van der Waals surface area contributed by atoms with Gasteiger partial charge in [-0.2, -0.15) is 0 Å².